The summed E-state index contributed by atoms with van der Waals surface area (Å²) in [5, 5.41) is 30.8. The highest BCUT2D eigenvalue weighted by molar-refractivity contribution is 5.87. The maximum atomic E-state index is 11.2. The van der Waals surface area contributed by atoms with Crippen LogP contribution in [0.5, 0.6) is 0 Å². The lowest BCUT2D eigenvalue weighted by Crippen LogP contribution is -2.53. The predicted molar refractivity (Wildman–Crippen MR) is 74.6 cm³/mol. The number of rotatable bonds is 7. The summed E-state index contributed by atoms with van der Waals surface area (Å²) in [5.41, 5.74) is 0.0612. The van der Waals surface area contributed by atoms with Crippen LogP contribution in [0, 0.1) is 5.92 Å². The van der Waals surface area contributed by atoms with Crippen molar-refractivity contribution in [2.24, 2.45) is 5.92 Å². The van der Waals surface area contributed by atoms with Crippen LogP contribution in [0.2, 0.25) is 0 Å². The molecular formula is C14H23NO6. The largest absolute Gasteiger partial charge is 0.478 e. The zero-order valence-corrected chi connectivity index (χ0v) is 12.3. The smallest absolute Gasteiger partial charge is 0.331 e. The van der Waals surface area contributed by atoms with Crippen molar-refractivity contribution in [1.82, 2.24) is 5.32 Å². The third kappa shape index (κ3) is 5.11. The average Bonchev–Trinajstić information content (AvgIpc) is 2.42. The Balaban J connectivity index is 2.81. The molecule has 1 rings (SSSR count). The van der Waals surface area contributed by atoms with Gasteiger partial charge in [0.15, 0.2) is 0 Å². The molecule has 120 valence electrons. The van der Waals surface area contributed by atoms with Crippen molar-refractivity contribution < 1.29 is 29.6 Å². The van der Waals surface area contributed by atoms with Gasteiger partial charge in [0.2, 0.25) is 5.91 Å². The van der Waals surface area contributed by atoms with Gasteiger partial charge >= 0.3 is 5.97 Å². The number of aliphatic hydroxyl groups is 2. The van der Waals surface area contributed by atoms with E-state index in [0.717, 1.165) is 6.42 Å². The van der Waals surface area contributed by atoms with Crippen LogP contribution in [0.3, 0.4) is 0 Å². The van der Waals surface area contributed by atoms with Gasteiger partial charge in [-0.3, -0.25) is 4.79 Å². The van der Waals surface area contributed by atoms with Crippen LogP contribution in [-0.2, 0) is 14.3 Å². The van der Waals surface area contributed by atoms with Crippen LogP contribution in [0.1, 0.15) is 26.7 Å². The standard InChI is InChI=1S/C14H23NO6/c1-3-9(6-16)7-21-12-5-10(14(19)20)4-11(18)13(12)15-8(2)17/h4,9,11-13,16,18H,3,5-7H2,1-2H3,(H,15,17)(H,19,20)/t9?,11-,12+,13+/m0/s1. The highest BCUT2D eigenvalue weighted by Gasteiger charge is 2.35. The van der Waals surface area contributed by atoms with Gasteiger partial charge in [-0.2, -0.15) is 0 Å². The molecule has 4 atom stereocenters. The number of aliphatic hydroxyl groups excluding tert-OH is 2. The molecule has 1 amide bonds. The number of ether oxygens (including phenoxy) is 1. The molecule has 0 saturated carbocycles. The first kappa shape index (κ1) is 17.6. The molecule has 0 bridgehead atoms. The summed E-state index contributed by atoms with van der Waals surface area (Å²) in [6.07, 6.45) is 0.289. The first-order valence-electron chi connectivity index (χ1n) is 7.00. The van der Waals surface area contributed by atoms with E-state index < -0.39 is 24.2 Å². The van der Waals surface area contributed by atoms with Gasteiger partial charge in [0.05, 0.1) is 24.9 Å². The highest BCUT2D eigenvalue weighted by atomic mass is 16.5. The van der Waals surface area contributed by atoms with E-state index >= 15 is 0 Å². The molecule has 0 heterocycles. The van der Waals surface area contributed by atoms with Crippen LogP contribution in [-0.4, -0.2) is 58.7 Å². The number of carboxylic acid groups (broad SMARTS) is 1. The molecule has 0 aromatic carbocycles. The second-order valence-corrected chi connectivity index (χ2v) is 5.25. The van der Waals surface area contributed by atoms with Gasteiger partial charge in [-0.05, 0) is 12.5 Å². The number of aliphatic carboxylic acids is 1. The molecule has 0 aromatic heterocycles. The quantitative estimate of drug-likeness (QED) is 0.512. The summed E-state index contributed by atoms with van der Waals surface area (Å²) >= 11 is 0. The molecule has 21 heavy (non-hydrogen) atoms. The van der Waals surface area contributed by atoms with Crippen molar-refractivity contribution in [1.29, 1.82) is 0 Å². The summed E-state index contributed by atoms with van der Waals surface area (Å²) in [5.74, 6) is -1.49. The summed E-state index contributed by atoms with van der Waals surface area (Å²) in [6, 6.07) is -0.693. The third-order valence-electron chi connectivity index (χ3n) is 3.59. The van der Waals surface area contributed by atoms with Gasteiger partial charge in [0.25, 0.3) is 0 Å². The number of carbonyl (C=O) groups excluding carboxylic acids is 1. The molecule has 4 N–H and O–H groups in total. The van der Waals surface area contributed by atoms with E-state index in [1.807, 2.05) is 6.92 Å². The molecule has 7 heteroatoms. The third-order valence-corrected chi connectivity index (χ3v) is 3.59. The molecule has 0 spiro atoms. The number of carboxylic acids is 1. The fourth-order valence-electron chi connectivity index (χ4n) is 2.24. The van der Waals surface area contributed by atoms with Crippen LogP contribution < -0.4 is 5.32 Å². The van der Waals surface area contributed by atoms with E-state index in [9.17, 15) is 14.7 Å². The minimum absolute atomic E-state index is 0.0296. The first-order valence-corrected chi connectivity index (χ1v) is 7.00. The zero-order valence-electron chi connectivity index (χ0n) is 12.3. The molecule has 7 nitrogen and oxygen atoms in total. The molecule has 1 unspecified atom stereocenters. The Morgan fingerprint density at radius 2 is 2.19 bits per heavy atom. The Morgan fingerprint density at radius 3 is 2.67 bits per heavy atom. The monoisotopic (exact) mass is 301 g/mol. The topological polar surface area (TPSA) is 116 Å². The van der Waals surface area contributed by atoms with Crippen molar-refractivity contribution in [3.63, 3.8) is 0 Å². The van der Waals surface area contributed by atoms with E-state index in [1.54, 1.807) is 0 Å². The van der Waals surface area contributed by atoms with Crippen molar-refractivity contribution in [3.05, 3.63) is 11.6 Å². The lowest BCUT2D eigenvalue weighted by atomic mass is 9.89. The van der Waals surface area contributed by atoms with Crippen molar-refractivity contribution in [3.8, 4) is 0 Å². The number of amides is 1. The zero-order chi connectivity index (χ0) is 16.0. The van der Waals surface area contributed by atoms with Gasteiger partial charge in [-0.1, -0.05) is 6.92 Å². The maximum Gasteiger partial charge on any atom is 0.331 e. The van der Waals surface area contributed by atoms with Crippen LogP contribution in [0.4, 0.5) is 0 Å². The Morgan fingerprint density at radius 1 is 1.52 bits per heavy atom. The van der Waals surface area contributed by atoms with Crippen molar-refractivity contribution >= 4 is 11.9 Å². The second-order valence-electron chi connectivity index (χ2n) is 5.25. The van der Waals surface area contributed by atoms with Gasteiger partial charge in [-0.15, -0.1) is 0 Å². The van der Waals surface area contributed by atoms with E-state index in [-0.39, 0.29) is 37.0 Å². The number of hydrogen-bond acceptors (Lipinski definition) is 5. The Hall–Kier alpha value is -1.44. The molecule has 1 aliphatic rings. The Labute approximate surface area is 123 Å². The van der Waals surface area contributed by atoms with E-state index in [2.05, 4.69) is 5.32 Å². The van der Waals surface area contributed by atoms with Gasteiger partial charge in [-0.25, -0.2) is 4.79 Å². The van der Waals surface area contributed by atoms with Gasteiger partial charge in [0, 0.05) is 31.4 Å². The maximum absolute atomic E-state index is 11.2. The van der Waals surface area contributed by atoms with E-state index in [1.165, 1.54) is 13.0 Å². The SMILES string of the molecule is CCC(CO)CO[C@@H]1CC(C(=O)O)=C[C@H](O)[C@H]1NC(C)=O. The molecule has 1 aliphatic carbocycles. The molecular weight excluding hydrogens is 278 g/mol. The van der Waals surface area contributed by atoms with Crippen LogP contribution in [0.25, 0.3) is 0 Å². The minimum atomic E-state index is -1.12. The lowest BCUT2D eigenvalue weighted by Gasteiger charge is -2.34. The van der Waals surface area contributed by atoms with Crippen LogP contribution >= 0.6 is 0 Å². The highest BCUT2D eigenvalue weighted by Crippen LogP contribution is 2.23. The Bertz CT molecular complexity index is 404. The summed E-state index contributed by atoms with van der Waals surface area (Å²) in [6.45, 7) is 3.45. The lowest BCUT2D eigenvalue weighted by molar-refractivity contribution is -0.134. The summed E-state index contributed by atoms with van der Waals surface area (Å²) in [4.78, 5) is 22.3. The number of nitrogens with one attached hydrogen (secondary N) is 1. The minimum Gasteiger partial charge on any atom is -0.478 e. The first-order chi connectivity index (χ1) is 9.88. The molecule has 0 saturated heterocycles. The van der Waals surface area contributed by atoms with Crippen molar-refractivity contribution in [2.75, 3.05) is 13.2 Å². The van der Waals surface area contributed by atoms with E-state index in [0.29, 0.717) is 0 Å². The summed E-state index contributed by atoms with van der Waals surface area (Å²) < 4.78 is 5.65. The fraction of sp³-hybridized carbons (Fsp3) is 0.714. The van der Waals surface area contributed by atoms with E-state index in [4.69, 9.17) is 14.9 Å². The van der Waals surface area contributed by atoms with Gasteiger partial charge < -0.3 is 25.4 Å². The predicted octanol–water partition coefficient (Wildman–Crippen LogP) is -0.330. The number of hydrogen-bond donors (Lipinski definition) is 4. The van der Waals surface area contributed by atoms with Crippen molar-refractivity contribution in [2.45, 2.75) is 44.9 Å². The molecule has 0 radical (unpaired) electrons. The van der Waals surface area contributed by atoms with Crippen LogP contribution in [0.15, 0.2) is 11.6 Å². The Kier molecular flexibility index (Phi) is 6.80. The average molecular weight is 301 g/mol. The summed E-state index contributed by atoms with van der Waals surface area (Å²) in [7, 11) is 0. The number of carbonyl (C=O) groups is 2. The normalized spacial score (nSPS) is 26.9. The second kappa shape index (κ2) is 8.11. The molecule has 0 aliphatic heterocycles. The molecule has 0 aromatic rings. The fourth-order valence-corrected chi connectivity index (χ4v) is 2.24. The molecule has 0 fully saturated rings. The van der Waals surface area contributed by atoms with Gasteiger partial charge in [0.1, 0.15) is 0 Å².